The summed E-state index contributed by atoms with van der Waals surface area (Å²) < 4.78 is 1.87. The lowest BCUT2D eigenvalue weighted by molar-refractivity contribution is -0.127. The smallest absolute Gasteiger partial charge is 0.241 e. The standard InChI is InChI=1S/C16H30N6O.HI/c1-8-11(2)19-16(18-10-15(23)21(5)6)17-9-14-12(3)20-22(7)13(14)4;/h11H,8-10H2,1-7H3,(H2,17,18,19);1H. The second-order valence-electron chi connectivity index (χ2n) is 6.03. The molecule has 0 aliphatic carbocycles. The van der Waals surface area contributed by atoms with Crippen LogP contribution in [0.4, 0.5) is 0 Å². The monoisotopic (exact) mass is 450 g/mol. The van der Waals surface area contributed by atoms with Crippen LogP contribution in [0.25, 0.3) is 0 Å². The number of nitrogens with one attached hydrogen (secondary N) is 2. The molecule has 0 bridgehead atoms. The number of halogens is 1. The molecule has 0 fully saturated rings. The van der Waals surface area contributed by atoms with Gasteiger partial charge in [0, 0.05) is 38.4 Å². The summed E-state index contributed by atoms with van der Waals surface area (Å²) in [6.07, 6.45) is 0.979. The molecule has 0 aromatic carbocycles. The number of amides is 1. The van der Waals surface area contributed by atoms with Crippen molar-refractivity contribution in [3.8, 4) is 0 Å². The third kappa shape index (κ3) is 6.66. The maximum Gasteiger partial charge on any atom is 0.241 e. The average Bonchev–Trinajstić information content (AvgIpc) is 2.74. The minimum atomic E-state index is 0. The number of aliphatic imine (C=N–C) groups is 1. The molecular weight excluding hydrogens is 419 g/mol. The normalized spacial score (nSPS) is 12.4. The van der Waals surface area contributed by atoms with E-state index >= 15 is 0 Å². The molecule has 138 valence electrons. The lowest BCUT2D eigenvalue weighted by atomic mass is 10.2. The van der Waals surface area contributed by atoms with E-state index in [4.69, 9.17) is 0 Å². The van der Waals surface area contributed by atoms with Crippen LogP contribution in [0.1, 0.15) is 37.2 Å². The van der Waals surface area contributed by atoms with E-state index in [9.17, 15) is 4.79 Å². The van der Waals surface area contributed by atoms with E-state index in [0.29, 0.717) is 12.5 Å². The summed E-state index contributed by atoms with van der Waals surface area (Å²) in [5.74, 6) is 0.662. The van der Waals surface area contributed by atoms with Crippen LogP contribution in [-0.2, 0) is 18.4 Å². The highest BCUT2D eigenvalue weighted by Gasteiger charge is 2.11. The third-order valence-electron chi connectivity index (χ3n) is 3.96. The number of aryl methyl sites for hydroxylation is 2. The van der Waals surface area contributed by atoms with Gasteiger partial charge in [-0.2, -0.15) is 5.10 Å². The van der Waals surface area contributed by atoms with E-state index < -0.39 is 0 Å². The van der Waals surface area contributed by atoms with Crippen molar-refractivity contribution in [3.63, 3.8) is 0 Å². The zero-order valence-electron chi connectivity index (χ0n) is 15.8. The fourth-order valence-electron chi connectivity index (χ4n) is 2.01. The van der Waals surface area contributed by atoms with Gasteiger partial charge in [0.05, 0.1) is 18.8 Å². The van der Waals surface area contributed by atoms with Gasteiger partial charge in [0.2, 0.25) is 5.91 Å². The number of hydrogen-bond acceptors (Lipinski definition) is 3. The van der Waals surface area contributed by atoms with Gasteiger partial charge < -0.3 is 15.5 Å². The summed E-state index contributed by atoms with van der Waals surface area (Å²) in [4.78, 5) is 17.9. The van der Waals surface area contributed by atoms with Crippen molar-refractivity contribution < 1.29 is 4.79 Å². The number of aromatic nitrogens is 2. The van der Waals surface area contributed by atoms with E-state index in [2.05, 4.69) is 34.6 Å². The highest BCUT2D eigenvalue weighted by molar-refractivity contribution is 14.0. The number of guanidine groups is 1. The summed E-state index contributed by atoms with van der Waals surface area (Å²) in [6.45, 7) is 8.98. The summed E-state index contributed by atoms with van der Waals surface area (Å²) in [5.41, 5.74) is 3.22. The number of carbonyl (C=O) groups is 1. The molecule has 0 aliphatic heterocycles. The van der Waals surface area contributed by atoms with E-state index in [1.807, 2.05) is 25.6 Å². The predicted molar refractivity (Wildman–Crippen MR) is 109 cm³/mol. The molecule has 24 heavy (non-hydrogen) atoms. The van der Waals surface area contributed by atoms with Crippen molar-refractivity contribution in [2.75, 3.05) is 20.6 Å². The van der Waals surface area contributed by atoms with Crippen LogP contribution in [0, 0.1) is 13.8 Å². The molecule has 0 spiro atoms. The fraction of sp³-hybridized carbons (Fsp3) is 0.688. The molecule has 0 aliphatic rings. The van der Waals surface area contributed by atoms with Gasteiger partial charge in [0.15, 0.2) is 5.96 Å². The first-order valence-corrected chi connectivity index (χ1v) is 8.00. The van der Waals surface area contributed by atoms with Crippen LogP contribution < -0.4 is 10.6 Å². The SMILES string of the molecule is CCC(C)NC(=NCc1c(C)nn(C)c1C)NCC(=O)N(C)C.I. The molecule has 1 unspecified atom stereocenters. The Hall–Kier alpha value is -1.32. The van der Waals surface area contributed by atoms with Crippen LogP contribution in [0.3, 0.4) is 0 Å². The Morgan fingerprint density at radius 3 is 2.46 bits per heavy atom. The minimum Gasteiger partial charge on any atom is -0.354 e. The second kappa shape index (κ2) is 10.5. The van der Waals surface area contributed by atoms with Crippen molar-refractivity contribution in [1.82, 2.24) is 25.3 Å². The summed E-state index contributed by atoms with van der Waals surface area (Å²) in [5, 5.41) is 10.8. The number of hydrogen-bond donors (Lipinski definition) is 2. The fourth-order valence-corrected chi connectivity index (χ4v) is 2.01. The van der Waals surface area contributed by atoms with Crippen LogP contribution in [0.5, 0.6) is 0 Å². The van der Waals surface area contributed by atoms with Gasteiger partial charge in [-0.15, -0.1) is 24.0 Å². The third-order valence-corrected chi connectivity index (χ3v) is 3.96. The Labute approximate surface area is 162 Å². The molecule has 0 saturated carbocycles. The van der Waals surface area contributed by atoms with E-state index in [1.165, 1.54) is 0 Å². The summed E-state index contributed by atoms with van der Waals surface area (Å²) in [7, 11) is 5.42. The van der Waals surface area contributed by atoms with E-state index in [-0.39, 0.29) is 42.5 Å². The Bertz CT molecular complexity index is 567. The Morgan fingerprint density at radius 2 is 2.00 bits per heavy atom. The Kier molecular flexibility index (Phi) is 9.95. The van der Waals surface area contributed by atoms with E-state index in [1.54, 1.807) is 19.0 Å². The highest BCUT2D eigenvalue weighted by atomic mass is 127. The molecule has 7 nitrogen and oxygen atoms in total. The van der Waals surface area contributed by atoms with Gasteiger partial charge in [-0.1, -0.05) is 6.92 Å². The van der Waals surface area contributed by atoms with Crippen LogP contribution >= 0.6 is 24.0 Å². The van der Waals surface area contributed by atoms with Gasteiger partial charge >= 0.3 is 0 Å². The van der Waals surface area contributed by atoms with Crippen molar-refractivity contribution in [3.05, 3.63) is 17.0 Å². The molecule has 1 atom stereocenters. The molecular formula is C16H31IN6O. The van der Waals surface area contributed by atoms with Crippen LogP contribution in [0.15, 0.2) is 4.99 Å². The van der Waals surface area contributed by atoms with Crippen molar-refractivity contribution in [2.24, 2.45) is 12.0 Å². The molecule has 0 saturated heterocycles. The predicted octanol–water partition coefficient (Wildman–Crippen LogP) is 1.58. The van der Waals surface area contributed by atoms with Crippen molar-refractivity contribution in [1.29, 1.82) is 0 Å². The zero-order chi connectivity index (χ0) is 17.6. The lowest BCUT2D eigenvalue weighted by Gasteiger charge is -2.18. The van der Waals surface area contributed by atoms with E-state index in [0.717, 1.165) is 23.4 Å². The number of nitrogens with zero attached hydrogens (tertiary/aromatic N) is 4. The van der Waals surface area contributed by atoms with Gasteiger partial charge in [-0.05, 0) is 27.2 Å². The quantitative estimate of drug-likeness (QED) is 0.392. The first-order chi connectivity index (χ1) is 10.8. The number of likely N-dealkylation sites (N-methyl/N-ethyl adjacent to an activating group) is 1. The maximum atomic E-state index is 11.8. The van der Waals surface area contributed by atoms with Crippen LogP contribution in [0.2, 0.25) is 0 Å². The Balaban J connectivity index is 0.00000529. The molecule has 1 rings (SSSR count). The number of rotatable bonds is 6. The van der Waals surface area contributed by atoms with Gasteiger partial charge in [-0.3, -0.25) is 9.48 Å². The van der Waals surface area contributed by atoms with Crippen molar-refractivity contribution in [2.45, 2.75) is 46.7 Å². The largest absolute Gasteiger partial charge is 0.354 e. The van der Waals surface area contributed by atoms with Crippen molar-refractivity contribution >= 4 is 35.8 Å². The lowest BCUT2D eigenvalue weighted by Crippen LogP contribution is -2.45. The first-order valence-electron chi connectivity index (χ1n) is 8.00. The second-order valence-corrected chi connectivity index (χ2v) is 6.03. The average molecular weight is 450 g/mol. The maximum absolute atomic E-state index is 11.8. The van der Waals surface area contributed by atoms with Crippen LogP contribution in [-0.4, -0.2) is 53.2 Å². The highest BCUT2D eigenvalue weighted by Crippen LogP contribution is 2.12. The molecule has 1 aromatic heterocycles. The molecule has 1 heterocycles. The number of carbonyl (C=O) groups excluding carboxylic acids is 1. The molecule has 1 aromatic rings. The zero-order valence-corrected chi connectivity index (χ0v) is 18.1. The first kappa shape index (κ1) is 22.7. The Morgan fingerprint density at radius 1 is 1.38 bits per heavy atom. The molecule has 2 N–H and O–H groups in total. The molecule has 1 amide bonds. The molecule has 8 heteroatoms. The molecule has 0 radical (unpaired) electrons. The topological polar surface area (TPSA) is 74.5 Å². The minimum absolute atomic E-state index is 0. The van der Waals surface area contributed by atoms with Gasteiger partial charge in [0.25, 0.3) is 0 Å². The van der Waals surface area contributed by atoms with Gasteiger partial charge in [-0.25, -0.2) is 4.99 Å². The summed E-state index contributed by atoms with van der Waals surface area (Å²) in [6, 6.07) is 0.284. The van der Waals surface area contributed by atoms with Gasteiger partial charge in [0.1, 0.15) is 0 Å². The summed E-state index contributed by atoms with van der Waals surface area (Å²) >= 11 is 0.